The van der Waals surface area contributed by atoms with Crippen molar-refractivity contribution < 1.29 is 5.11 Å². The zero-order valence-electron chi connectivity index (χ0n) is 11.0. The molecule has 17 heavy (non-hydrogen) atoms. The van der Waals surface area contributed by atoms with Crippen LogP contribution in [0.1, 0.15) is 29.5 Å². The normalized spacial score (nSPS) is 17.5. The Morgan fingerprint density at radius 2 is 2.00 bits per heavy atom. The molecule has 0 aliphatic heterocycles. The van der Waals surface area contributed by atoms with Crippen LogP contribution in [-0.4, -0.2) is 29.6 Å². The van der Waals surface area contributed by atoms with Crippen LogP contribution in [-0.2, 0) is 13.0 Å². The first-order valence-electron chi connectivity index (χ1n) is 6.15. The summed E-state index contributed by atoms with van der Waals surface area (Å²) in [6.07, 6.45) is 3.17. The van der Waals surface area contributed by atoms with Crippen LogP contribution in [0.2, 0.25) is 0 Å². The van der Waals surface area contributed by atoms with E-state index in [1.165, 1.54) is 5.56 Å². The Kier molecular flexibility index (Phi) is 3.15. The number of benzene rings is 1. The number of aromatic hydroxyl groups is 1. The first-order valence-corrected chi connectivity index (χ1v) is 6.15. The van der Waals surface area contributed by atoms with E-state index >= 15 is 0 Å². The van der Waals surface area contributed by atoms with E-state index in [1.807, 2.05) is 21.0 Å². The number of nitrogens with zero attached hydrogens (tertiary/aromatic N) is 1. The SMILES string of the molecule is Cc1cc(CC2(N)CC2)cc(CN(C)C)c1O. The van der Waals surface area contributed by atoms with E-state index in [1.54, 1.807) is 0 Å². The highest BCUT2D eigenvalue weighted by Crippen LogP contribution is 2.37. The number of hydrogen-bond acceptors (Lipinski definition) is 3. The van der Waals surface area contributed by atoms with E-state index in [0.29, 0.717) is 5.75 Å². The number of hydrogen-bond donors (Lipinski definition) is 2. The Bertz CT molecular complexity index is 422. The zero-order valence-corrected chi connectivity index (χ0v) is 11.0. The van der Waals surface area contributed by atoms with Gasteiger partial charge in [0.2, 0.25) is 0 Å². The maximum atomic E-state index is 10.0. The van der Waals surface area contributed by atoms with Crippen LogP contribution in [0.25, 0.3) is 0 Å². The number of nitrogens with two attached hydrogens (primary N) is 1. The van der Waals surface area contributed by atoms with Crippen molar-refractivity contribution in [2.75, 3.05) is 14.1 Å². The van der Waals surface area contributed by atoms with E-state index < -0.39 is 0 Å². The van der Waals surface area contributed by atoms with Crippen molar-refractivity contribution in [2.45, 2.75) is 38.3 Å². The fraction of sp³-hybridized carbons (Fsp3) is 0.571. The molecule has 1 aliphatic rings. The lowest BCUT2D eigenvalue weighted by Crippen LogP contribution is -2.24. The highest BCUT2D eigenvalue weighted by molar-refractivity contribution is 5.43. The molecule has 0 radical (unpaired) electrons. The highest BCUT2D eigenvalue weighted by Gasteiger charge is 2.38. The summed E-state index contributed by atoms with van der Waals surface area (Å²) < 4.78 is 0. The minimum atomic E-state index is 0.0266. The molecular weight excluding hydrogens is 212 g/mol. The van der Waals surface area contributed by atoms with Crippen molar-refractivity contribution in [3.8, 4) is 5.75 Å². The molecule has 0 amide bonds. The highest BCUT2D eigenvalue weighted by atomic mass is 16.3. The van der Waals surface area contributed by atoms with Crippen LogP contribution >= 0.6 is 0 Å². The standard InChI is InChI=1S/C14H22N2O/c1-10-6-11(8-14(15)4-5-14)7-12(13(10)17)9-16(2)3/h6-7,17H,4-5,8-9,15H2,1-3H3. The van der Waals surface area contributed by atoms with Crippen LogP contribution in [0.15, 0.2) is 12.1 Å². The lowest BCUT2D eigenvalue weighted by atomic mass is 9.98. The summed E-state index contributed by atoms with van der Waals surface area (Å²) in [5.74, 6) is 0.421. The van der Waals surface area contributed by atoms with Gasteiger partial charge in [-0.05, 0) is 51.4 Å². The van der Waals surface area contributed by atoms with Crippen LogP contribution in [0.4, 0.5) is 0 Å². The van der Waals surface area contributed by atoms with Gasteiger partial charge in [0.25, 0.3) is 0 Å². The molecule has 0 spiro atoms. The molecule has 94 valence electrons. The second-order valence-electron chi connectivity index (χ2n) is 5.70. The minimum Gasteiger partial charge on any atom is -0.507 e. The lowest BCUT2D eigenvalue weighted by Gasteiger charge is -2.16. The van der Waals surface area contributed by atoms with E-state index in [4.69, 9.17) is 5.73 Å². The van der Waals surface area contributed by atoms with Crippen LogP contribution in [0.5, 0.6) is 5.75 Å². The van der Waals surface area contributed by atoms with Gasteiger partial charge in [-0.1, -0.05) is 12.1 Å². The minimum absolute atomic E-state index is 0.0266. The van der Waals surface area contributed by atoms with Crippen LogP contribution in [0, 0.1) is 6.92 Å². The molecule has 2 rings (SSSR count). The largest absolute Gasteiger partial charge is 0.507 e. The third kappa shape index (κ3) is 2.99. The average Bonchev–Trinajstić information content (AvgIpc) is 2.91. The van der Waals surface area contributed by atoms with Gasteiger partial charge >= 0.3 is 0 Å². The van der Waals surface area contributed by atoms with Gasteiger partial charge in [-0.25, -0.2) is 0 Å². The van der Waals surface area contributed by atoms with Crippen LogP contribution in [0.3, 0.4) is 0 Å². The molecule has 0 atom stereocenters. The Morgan fingerprint density at radius 3 is 2.53 bits per heavy atom. The van der Waals surface area contributed by atoms with Gasteiger partial charge in [0.15, 0.2) is 0 Å². The van der Waals surface area contributed by atoms with Crippen molar-refractivity contribution in [2.24, 2.45) is 5.73 Å². The summed E-state index contributed by atoms with van der Waals surface area (Å²) in [6.45, 7) is 2.71. The molecule has 1 aromatic rings. The molecule has 1 aromatic carbocycles. The van der Waals surface area contributed by atoms with Crippen molar-refractivity contribution in [1.29, 1.82) is 0 Å². The number of rotatable bonds is 4. The Balaban J connectivity index is 2.25. The molecule has 0 unspecified atom stereocenters. The molecule has 0 saturated heterocycles. The number of aryl methyl sites for hydroxylation is 1. The third-order valence-electron chi connectivity index (χ3n) is 3.37. The molecule has 3 N–H and O–H groups in total. The quantitative estimate of drug-likeness (QED) is 0.835. The van der Waals surface area contributed by atoms with Crippen molar-refractivity contribution in [1.82, 2.24) is 4.90 Å². The zero-order chi connectivity index (χ0) is 12.6. The Morgan fingerprint density at radius 1 is 1.35 bits per heavy atom. The van der Waals surface area contributed by atoms with E-state index in [2.05, 4.69) is 17.0 Å². The van der Waals surface area contributed by atoms with Crippen molar-refractivity contribution >= 4 is 0 Å². The van der Waals surface area contributed by atoms with Gasteiger partial charge < -0.3 is 15.7 Å². The molecule has 1 saturated carbocycles. The second kappa shape index (κ2) is 4.31. The lowest BCUT2D eigenvalue weighted by molar-refractivity contribution is 0.384. The van der Waals surface area contributed by atoms with Gasteiger partial charge in [-0.2, -0.15) is 0 Å². The van der Waals surface area contributed by atoms with Gasteiger partial charge in [-0.15, -0.1) is 0 Å². The number of phenolic OH excluding ortho intramolecular Hbond substituents is 1. The van der Waals surface area contributed by atoms with Gasteiger partial charge in [0.05, 0.1) is 0 Å². The third-order valence-corrected chi connectivity index (χ3v) is 3.37. The smallest absolute Gasteiger partial charge is 0.122 e. The second-order valence-corrected chi connectivity index (χ2v) is 5.70. The molecule has 1 fully saturated rings. The van der Waals surface area contributed by atoms with E-state index in [-0.39, 0.29) is 5.54 Å². The first-order chi connectivity index (χ1) is 7.89. The van der Waals surface area contributed by atoms with Crippen molar-refractivity contribution in [3.63, 3.8) is 0 Å². The maximum Gasteiger partial charge on any atom is 0.122 e. The maximum absolute atomic E-state index is 10.0. The summed E-state index contributed by atoms with van der Waals surface area (Å²) in [6, 6.07) is 4.15. The summed E-state index contributed by atoms with van der Waals surface area (Å²) in [7, 11) is 4.01. The van der Waals surface area contributed by atoms with E-state index in [0.717, 1.165) is 36.9 Å². The predicted octanol–water partition coefficient (Wildman–Crippen LogP) is 1.80. The monoisotopic (exact) mass is 234 g/mol. The Hall–Kier alpha value is -1.06. The molecule has 3 nitrogen and oxygen atoms in total. The molecule has 1 aliphatic carbocycles. The van der Waals surface area contributed by atoms with Crippen molar-refractivity contribution in [3.05, 3.63) is 28.8 Å². The topological polar surface area (TPSA) is 49.5 Å². The van der Waals surface area contributed by atoms with Gasteiger partial charge in [-0.3, -0.25) is 0 Å². The number of phenols is 1. The fourth-order valence-electron chi connectivity index (χ4n) is 2.24. The van der Waals surface area contributed by atoms with Crippen LogP contribution < -0.4 is 5.73 Å². The predicted molar refractivity (Wildman–Crippen MR) is 70.1 cm³/mol. The summed E-state index contributed by atoms with van der Waals surface area (Å²) >= 11 is 0. The molecule has 0 aromatic heterocycles. The van der Waals surface area contributed by atoms with Gasteiger partial charge in [0, 0.05) is 17.6 Å². The molecule has 3 heteroatoms. The first kappa shape index (κ1) is 12.4. The summed E-state index contributed by atoms with van der Waals surface area (Å²) in [4.78, 5) is 2.06. The molecule has 0 bridgehead atoms. The summed E-state index contributed by atoms with van der Waals surface area (Å²) in [5, 5.41) is 10.0. The molecule has 0 heterocycles. The van der Waals surface area contributed by atoms with E-state index in [9.17, 15) is 5.11 Å². The van der Waals surface area contributed by atoms with Gasteiger partial charge in [0.1, 0.15) is 5.75 Å². The molecular formula is C14H22N2O. The Labute approximate surface area is 103 Å². The fourth-order valence-corrected chi connectivity index (χ4v) is 2.24. The average molecular weight is 234 g/mol. The summed E-state index contributed by atoms with van der Waals surface area (Å²) in [5.41, 5.74) is 9.36.